The largest absolute Gasteiger partial charge is 0.490 e. The fourth-order valence-electron chi connectivity index (χ4n) is 3.74. The minimum atomic E-state index is -4.81. The molecule has 1 fully saturated rings. The van der Waals surface area contributed by atoms with Crippen LogP contribution in [0.15, 0.2) is 60.2 Å². The van der Waals surface area contributed by atoms with Gasteiger partial charge < -0.3 is 9.47 Å². The third kappa shape index (κ3) is 6.27. The summed E-state index contributed by atoms with van der Waals surface area (Å²) in [4.78, 5) is 49.5. The summed E-state index contributed by atoms with van der Waals surface area (Å²) < 4.78 is 50.8. The van der Waals surface area contributed by atoms with E-state index in [4.69, 9.17) is 21.1 Å². The zero-order valence-electron chi connectivity index (χ0n) is 20.6. The van der Waals surface area contributed by atoms with E-state index < -0.39 is 51.5 Å². The highest BCUT2D eigenvalue weighted by Crippen LogP contribution is 2.43. The second-order valence-electron chi connectivity index (χ2n) is 8.21. The number of imide groups is 2. The lowest BCUT2D eigenvalue weighted by Gasteiger charge is -2.27. The summed E-state index contributed by atoms with van der Waals surface area (Å²) in [5.74, 6) is -2.41. The first kappa shape index (κ1) is 29.8. The summed E-state index contributed by atoms with van der Waals surface area (Å²) in [6.45, 7) is 1.73. The molecule has 1 aliphatic heterocycles. The maximum atomic E-state index is 13.2. The summed E-state index contributed by atoms with van der Waals surface area (Å²) in [6.07, 6.45) is -3.61. The third-order valence-corrected chi connectivity index (χ3v) is 6.65. The van der Waals surface area contributed by atoms with Crippen LogP contribution in [0.4, 0.5) is 29.3 Å². The number of rotatable bonds is 7. The molecule has 212 valence electrons. The fraction of sp³-hybridized carbons (Fsp3) is 0.115. The number of halogens is 5. The maximum Gasteiger partial charge on any atom is 0.416 e. The van der Waals surface area contributed by atoms with E-state index in [-0.39, 0.29) is 37.9 Å². The number of nitro benzene ring substituents is 1. The number of alkyl halides is 3. The lowest BCUT2D eigenvalue weighted by Crippen LogP contribution is -2.54. The van der Waals surface area contributed by atoms with Gasteiger partial charge in [0.25, 0.3) is 11.8 Å². The van der Waals surface area contributed by atoms with Crippen molar-refractivity contribution in [1.82, 2.24) is 5.32 Å². The van der Waals surface area contributed by atoms with Gasteiger partial charge in [-0.3, -0.25) is 25.0 Å². The van der Waals surface area contributed by atoms with Gasteiger partial charge in [-0.2, -0.15) is 13.2 Å². The molecule has 0 bridgehead atoms. The smallest absolute Gasteiger partial charge is 0.416 e. The van der Waals surface area contributed by atoms with Crippen molar-refractivity contribution in [3.05, 3.63) is 90.0 Å². The van der Waals surface area contributed by atoms with Crippen molar-refractivity contribution in [3.63, 3.8) is 0 Å². The summed E-state index contributed by atoms with van der Waals surface area (Å²) in [7, 11) is 0. The van der Waals surface area contributed by atoms with Gasteiger partial charge in [-0.1, -0.05) is 23.7 Å². The van der Waals surface area contributed by atoms with Gasteiger partial charge in [-0.15, -0.1) is 0 Å². The molecule has 15 heteroatoms. The van der Waals surface area contributed by atoms with E-state index in [0.717, 1.165) is 6.07 Å². The highest BCUT2D eigenvalue weighted by Gasteiger charge is 2.38. The molecule has 0 radical (unpaired) electrons. The number of nitrogens with one attached hydrogen (secondary N) is 1. The van der Waals surface area contributed by atoms with E-state index >= 15 is 0 Å². The molecule has 0 aliphatic carbocycles. The van der Waals surface area contributed by atoms with Crippen LogP contribution < -0.4 is 19.7 Å². The molecule has 3 aromatic rings. The van der Waals surface area contributed by atoms with Gasteiger partial charge in [0.2, 0.25) is 5.75 Å². The first-order valence-electron chi connectivity index (χ1n) is 11.5. The average Bonchev–Trinajstić information content (AvgIpc) is 2.89. The second kappa shape index (κ2) is 11.7. The number of urea groups is 1. The Bertz CT molecular complexity index is 1630. The Hall–Kier alpha value is -4.18. The Kier molecular flexibility index (Phi) is 8.53. The zero-order valence-corrected chi connectivity index (χ0v) is 23.5. The highest BCUT2D eigenvalue weighted by molar-refractivity contribution is 14.1. The van der Waals surface area contributed by atoms with E-state index in [1.807, 2.05) is 0 Å². The molecule has 0 saturated carbocycles. The number of carbonyl (C=O) groups excluding carboxylic acids is 3. The van der Waals surface area contributed by atoms with E-state index in [0.29, 0.717) is 17.0 Å². The number of carbonyl (C=O) groups is 3. The number of hydrogen-bond donors (Lipinski definition) is 1. The molecule has 10 nitrogen and oxygen atoms in total. The lowest BCUT2D eigenvalue weighted by molar-refractivity contribution is -0.385. The molecule has 4 rings (SSSR count). The summed E-state index contributed by atoms with van der Waals surface area (Å²) in [6, 6.07) is 9.69. The molecule has 0 atom stereocenters. The number of barbiturate groups is 1. The van der Waals surface area contributed by atoms with Crippen LogP contribution in [0, 0.1) is 13.7 Å². The van der Waals surface area contributed by atoms with Crippen molar-refractivity contribution in [1.29, 1.82) is 0 Å². The Morgan fingerprint density at radius 3 is 2.44 bits per heavy atom. The van der Waals surface area contributed by atoms with Crippen LogP contribution in [-0.4, -0.2) is 29.4 Å². The monoisotopic (exact) mass is 701 g/mol. The molecular formula is C26H16ClF3IN3O7. The van der Waals surface area contributed by atoms with Gasteiger partial charge in [0.1, 0.15) is 5.57 Å². The number of amides is 4. The van der Waals surface area contributed by atoms with Crippen LogP contribution in [0.25, 0.3) is 6.08 Å². The van der Waals surface area contributed by atoms with Crippen LogP contribution in [0.2, 0.25) is 5.02 Å². The number of nitro groups is 1. The molecule has 4 amide bonds. The topological polar surface area (TPSA) is 128 Å². The van der Waals surface area contributed by atoms with Crippen molar-refractivity contribution in [2.45, 2.75) is 13.1 Å². The molecule has 1 saturated heterocycles. The predicted molar refractivity (Wildman–Crippen MR) is 149 cm³/mol. The van der Waals surface area contributed by atoms with Crippen LogP contribution >= 0.6 is 34.2 Å². The first-order valence-corrected chi connectivity index (χ1v) is 12.9. The molecule has 3 aromatic carbocycles. The normalized spacial score (nSPS) is 14.7. The first-order chi connectivity index (χ1) is 19.3. The zero-order chi connectivity index (χ0) is 30.1. The molecule has 0 unspecified atom stereocenters. The van der Waals surface area contributed by atoms with Gasteiger partial charge in [-0.05, 0) is 77.6 Å². The Labute approximate surface area is 248 Å². The minimum absolute atomic E-state index is 0.0168. The number of ether oxygens (including phenoxy) is 2. The van der Waals surface area contributed by atoms with Gasteiger partial charge in [0.05, 0.1) is 31.4 Å². The second-order valence-corrected chi connectivity index (χ2v) is 9.78. The lowest BCUT2D eigenvalue weighted by atomic mass is 10.1. The molecule has 41 heavy (non-hydrogen) atoms. The van der Waals surface area contributed by atoms with E-state index in [1.54, 1.807) is 41.6 Å². The van der Waals surface area contributed by atoms with Crippen molar-refractivity contribution < 1.29 is 42.0 Å². The minimum Gasteiger partial charge on any atom is -0.490 e. The van der Waals surface area contributed by atoms with Crippen LogP contribution in [-0.2, 0) is 15.8 Å². The van der Waals surface area contributed by atoms with Gasteiger partial charge >= 0.3 is 17.9 Å². The molecule has 0 spiro atoms. The fourth-order valence-corrected chi connectivity index (χ4v) is 4.70. The summed E-state index contributed by atoms with van der Waals surface area (Å²) in [5, 5.41) is 13.7. The van der Waals surface area contributed by atoms with Crippen molar-refractivity contribution >= 4 is 69.5 Å². The number of nitrogens with zero attached hydrogens (tertiary/aromatic N) is 2. The predicted octanol–water partition coefficient (Wildman–Crippen LogP) is 6.73. The Balaban J connectivity index is 1.75. The highest BCUT2D eigenvalue weighted by atomic mass is 127. The van der Waals surface area contributed by atoms with E-state index in [9.17, 15) is 37.7 Å². The standard InChI is InChI=1S/C26H16ClF3IN3O7/c1-2-40-21-11-13(9-15-23(35)32-25(37)33(24(15)36)18-6-4-3-5-16(18)27)10-17(31)22(21)41-20-8-7-14(26(28,29)30)12-19(20)34(38)39/h3-12H,2H2,1H3,(H,32,35,37)/b15-9+. The molecule has 1 N–H and O–H groups in total. The quantitative estimate of drug-likeness (QED) is 0.0952. The number of para-hydroxylation sites is 1. The van der Waals surface area contributed by atoms with Crippen molar-refractivity contribution in [3.8, 4) is 17.2 Å². The number of hydrogen-bond acceptors (Lipinski definition) is 7. The van der Waals surface area contributed by atoms with Crippen LogP contribution in [0.5, 0.6) is 17.2 Å². The summed E-state index contributed by atoms with van der Waals surface area (Å²) >= 11 is 7.95. The Morgan fingerprint density at radius 1 is 1.10 bits per heavy atom. The molecule has 1 aliphatic rings. The number of benzene rings is 3. The molecular weight excluding hydrogens is 686 g/mol. The van der Waals surface area contributed by atoms with Crippen molar-refractivity contribution in [2.75, 3.05) is 11.5 Å². The van der Waals surface area contributed by atoms with Crippen LogP contribution in [0.3, 0.4) is 0 Å². The van der Waals surface area contributed by atoms with Crippen molar-refractivity contribution in [2.24, 2.45) is 0 Å². The van der Waals surface area contributed by atoms with Gasteiger partial charge in [0.15, 0.2) is 11.5 Å². The average molecular weight is 702 g/mol. The van der Waals surface area contributed by atoms with Crippen LogP contribution in [0.1, 0.15) is 18.1 Å². The van der Waals surface area contributed by atoms with E-state index in [1.165, 1.54) is 30.3 Å². The van der Waals surface area contributed by atoms with Gasteiger partial charge in [-0.25, -0.2) is 9.69 Å². The Morgan fingerprint density at radius 2 is 1.80 bits per heavy atom. The van der Waals surface area contributed by atoms with E-state index in [2.05, 4.69) is 5.32 Å². The molecule has 1 heterocycles. The molecule has 0 aromatic heterocycles. The SMILES string of the molecule is CCOc1cc(/C=C2\C(=O)NC(=O)N(c3ccccc3Cl)C2=O)cc(I)c1Oc1ccc(C(F)(F)F)cc1[N+](=O)[O-]. The number of anilines is 1. The van der Waals surface area contributed by atoms with Gasteiger partial charge in [0, 0.05) is 6.07 Å². The maximum absolute atomic E-state index is 13.2. The third-order valence-electron chi connectivity index (χ3n) is 5.53. The summed E-state index contributed by atoms with van der Waals surface area (Å²) in [5.41, 5.74) is -2.24.